The van der Waals surface area contributed by atoms with Crippen LogP contribution in [0.2, 0.25) is 0 Å². The Morgan fingerprint density at radius 3 is 2.88 bits per heavy atom. The smallest absolute Gasteiger partial charge is 0.122 e. The van der Waals surface area contributed by atoms with E-state index in [9.17, 15) is 4.79 Å². The van der Waals surface area contributed by atoms with E-state index in [2.05, 4.69) is 0 Å². The third-order valence-electron chi connectivity index (χ3n) is 0.845. The van der Waals surface area contributed by atoms with E-state index < -0.39 is 6.10 Å². The van der Waals surface area contributed by atoms with Crippen LogP contribution in [0.1, 0.15) is 19.8 Å². The maximum atomic E-state index is 9.55. The van der Waals surface area contributed by atoms with Crippen LogP contribution in [0.15, 0.2) is 6.08 Å². The molecule has 0 aromatic rings. The summed E-state index contributed by atoms with van der Waals surface area (Å²) in [5.74, 6) is 1.53. The SMILES string of the molecule is CCCC(O)C=C=O. The zero-order valence-corrected chi connectivity index (χ0v) is 4.92. The van der Waals surface area contributed by atoms with Gasteiger partial charge in [-0.15, -0.1) is 0 Å². The van der Waals surface area contributed by atoms with E-state index in [1.807, 2.05) is 6.92 Å². The molecule has 0 aliphatic rings. The van der Waals surface area contributed by atoms with E-state index in [1.54, 1.807) is 0 Å². The van der Waals surface area contributed by atoms with Crippen molar-refractivity contribution < 1.29 is 9.90 Å². The minimum Gasteiger partial charge on any atom is -0.388 e. The maximum Gasteiger partial charge on any atom is 0.122 e. The second kappa shape index (κ2) is 4.57. The molecule has 1 atom stereocenters. The van der Waals surface area contributed by atoms with Crippen LogP contribution >= 0.6 is 0 Å². The van der Waals surface area contributed by atoms with E-state index >= 15 is 0 Å². The van der Waals surface area contributed by atoms with Crippen LogP contribution in [-0.4, -0.2) is 17.2 Å². The van der Waals surface area contributed by atoms with Crippen LogP contribution in [0, 0.1) is 0 Å². The average Bonchev–Trinajstić information content (AvgIpc) is 1.68. The number of carbonyl (C=O) groups excluding carboxylic acids is 1. The summed E-state index contributed by atoms with van der Waals surface area (Å²) in [5.41, 5.74) is 0. The van der Waals surface area contributed by atoms with Crippen molar-refractivity contribution in [3.05, 3.63) is 6.08 Å². The van der Waals surface area contributed by atoms with E-state index in [4.69, 9.17) is 5.11 Å². The number of aliphatic hydroxyl groups excluding tert-OH is 1. The number of aliphatic hydroxyl groups is 1. The molecule has 0 rings (SSSR count). The molecule has 8 heavy (non-hydrogen) atoms. The first-order chi connectivity index (χ1) is 3.81. The summed E-state index contributed by atoms with van der Waals surface area (Å²) in [6.07, 6.45) is 2.08. The van der Waals surface area contributed by atoms with E-state index in [1.165, 1.54) is 5.94 Å². The van der Waals surface area contributed by atoms with Crippen LogP contribution in [0.5, 0.6) is 0 Å². The summed E-state index contributed by atoms with van der Waals surface area (Å²) in [7, 11) is 0. The van der Waals surface area contributed by atoms with Gasteiger partial charge < -0.3 is 5.11 Å². The van der Waals surface area contributed by atoms with Gasteiger partial charge in [0.05, 0.1) is 6.10 Å². The van der Waals surface area contributed by atoms with Crippen LogP contribution in [0.25, 0.3) is 0 Å². The highest BCUT2D eigenvalue weighted by Crippen LogP contribution is 1.93. The molecule has 46 valence electrons. The molecule has 0 amide bonds. The van der Waals surface area contributed by atoms with Gasteiger partial charge >= 0.3 is 0 Å². The van der Waals surface area contributed by atoms with Crippen molar-refractivity contribution in [2.24, 2.45) is 0 Å². The van der Waals surface area contributed by atoms with Gasteiger partial charge in [0.1, 0.15) is 5.94 Å². The molecule has 1 N–H and O–H groups in total. The molecule has 0 aromatic heterocycles. The zero-order chi connectivity index (χ0) is 6.41. The molecule has 0 spiro atoms. The van der Waals surface area contributed by atoms with Crippen LogP contribution in [-0.2, 0) is 4.79 Å². The number of rotatable bonds is 3. The summed E-state index contributed by atoms with van der Waals surface area (Å²) >= 11 is 0. The van der Waals surface area contributed by atoms with Crippen LogP contribution in [0.3, 0.4) is 0 Å². The summed E-state index contributed by atoms with van der Waals surface area (Å²) in [6.45, 7) is 1.95. The fraction of sp³-hybridized carbons (Fsp3) is 0.667. The van der Waals surface area contributed by atoms with Crippen molar-refractivity contribution >= 4 is 5.94 Å². The molecular formula is C6H10O2. The topological polar surface area (TPSA) is 37.3 Å². The van der Waals surface area contributed by atoms with Gasteiger partial charge in [-0.2, -0.15) is 0 Å². The average molecular weight is 114 g/mol. The lowest BCUT2D eigenvalue weighted by Crippen LogP contribution is -1.99. The Morgan fingerprint density at radius 2 is 2.50 bits per heavy atom. The fourth-order valence-corrected chi connectivity index (χ4v) is 0.458. The predicted octanol–water partition coefficient (Wildman–Crippen LogP) is 0.535. The molecule has 0 aliphatic heterocycles. The van der Waals surface area contributed by atoms with Gasteiger partial charge in [-0.25, -0.2) is 4.79 Å². The zero-order valence-electron chi connectivity index (χ0n) is 4.92. The van der Waals surface area contributed by atoms with Crippen molar-refractivity contribution in [2.75, 3.05) is 0 Å². The number of hydrogen-bond donors (Lipinski definition) is 1. The first-order valence-corrected chi connectivity index (χ1v) is 2.70. The second-order valence-corrected chi connectivity index (χ2v) is 1.64. The Hall–Kier alpha value is -0.590. The standard InChI is InChI=1S/C6H10O2/c1-2-3-6(8)4-5-7/h4,6,8H,2-3H2,1H3. The third-order valence-corrected chi connectivity index (χ3v) is 0.845. The predicted molar refractivity (Wildman–Crippen MR) is 31.2 cm³/mol. The van der Waals surface area contributed by atoms with Crippen molar-refractivity contribution in [3.8, 4) is 0 Å². The van der Waals surface area contributed by atoms with Crippen molar-refractivity contribution in [1.82, 2.24) is 0 Å². The van der Waals surface area contributed by atoms with Gasteiger partial charge in [0.2, 0.25) is 0 Å². The van der Waals surface area contributed by atoms with Crippen molar-refractivity contribution in [3.63, 3.8) is 0 Å². The lowest BCUT2D eigenvalue weighted by Gasteiger charge is -1.96. The molecule has 0 fully saturated rings. The lowest BCUT2D eigenvalue weighted by atomic mass is 10.2. The third kappa shape index (κ3) is 3.59. The molecule has 1 unspecified atom stereocenters. The first kappa shape index (κ1) is 7.41. The highest BCUT2D eigenvalue weighted by Gasteiger charge is 1.93. The molecule has 2 nitrogen and oxygen atoms in total. The van der Waals surface area contributed by atoms with Gasteiger partial charge in [0.15, 0.2) is 0 Å². The Kier molecular flexibility index (Phi) is 4.23. The van der Waals surface area contributed by atoms with Crippen LogP contribution < -0.4 is 0 Å². The van der Waals surface area contributed by atoms with Crippen molar-refractivity contribution in [1.29, 1.82) is 0 Å². The van der Waals surface area contributed by atoms with Gasteiger partial charge in [0, 0.05) is 6.08 Å². The van der Waals surface area contributed by atoms with Crippen molar-refractivity contribution in [2.45, 2.75) is 25.9 Å². The maximum absolute atomic E-state index is 9.55. The Bertz CT molecular complexity index is 92.7. The first-order valence-electron chi connectivity index (χ1n) is 2.70. The van der Waals surface area contributed by atoms with Gasteiger partial charge in [-0.05, 0) is 6.42 Å². The fourth-order valence-electron chi connectivity index (χ4n) is 0.458. The molecule has 0 heterocycles. The summed E-state index contributed by atoms with van der Waals surface area (Å²) in [5, 5.41) is 8.73. The van der Waals surface area contributed by atoms with Gasteiger partial charge in [-0.1, -0.05) is 13.3 Å². The minimum atomic E-state index is -0.586. The van der Waals surface area contributed by atoms with Gasteiger partial charge in [-0.3, -0.25) is 0 Å². The van der Waals surface area contributed by atoms with E-state index in [0.29, 0.717) is 6.42 Å². The molecule has 0 saturated heterocycles. The second-order valence-electron chi connectivity index (χ2n) is 1.64. The highest BCUT2D eigenvalue weighted by atomic mass is 16.3. The molecule has 0 aromatic carbocycles. The van der Waals surface area contributed by atoms with Crippen LogP contribution in [0.4, 0.5) is 0 Å². The minimum absolute atomic E-state index is 0.586. The van der Waals surface area contributed by atoms with Gasteiger partial charge in [0.25, 0.3) is 0 Å². The Labute approximate surface area is 48.8 Å². The highest BCUT2D eigenvalue weighted by molar-refractivity contribution is 5.45. The summed E-state index contributed by atoms with van der Waals surface area (Å²) in [4.78, 5) is 9.55. The van der Waals surface area contributed by atoms with E-state index in [0.717, 1.165) is 12.5 Å². The summed E-state index contributed by atoms with van der Waals surface area (Å²) < 4.78 is 0. The molecule has 0 saturated carbocycles. The molecule has 0 radical (unpaired) electrons. The normalized spacial score (nSPS) is 12.2. The molecule has 0 bridgehead atoms. The lowest BCUT2D eigenvalue weighted by molar-refractivity contribution is 0.212. The molecule has 0 aliphatic carbocycles. The Balaban J connectivity index is 3.31. The Morgan fingerprint density at radius 1 is 1.88 bits per heavy atom. The number of hydrogen-bond acceptors (Lipinski definition) is 2. The molecule has 2 heteroatoms. The monoisotopic (exact) mass is 114 g/mol. The quantitative estimate of drug-likeness (QED) is 0.543. The largest absolute Gasteiger partial charge is 0.388 e. The molecular weight excluding hydrogens is 104 g/mol. The van der Waals surface area contributed by atoms with E-state index in [-0.39, 0.29) is 0 Å². The summed E-state index contributed by atoms with van der Waals surface area (Å²) in [6, 6.07) is 0.